The third kappa shape index (κ3) is 10.1. The quantitative estimate of drug-likeness (QED) is 0.0755. The van der Waals surface area contributed by atoms with Crippen molar-refractivity contribution >= 4 is 11.8 Å². The molecular weight excluding hydrogens is 694 g/mol. The van der Waals surface area contributed by atoms with E-state index in [9.17, 15) is 40.5 Å². The highest BCUT2D eigenvalue weighted by atomic mass is 16.7. The van der Waals surface area contributed by atoms with Crippen molar-refractivity contribution in [2.24, 2.45) is 0 Å². The number of aromatic nitrogens is 2. The van der Waals surface area contributed by atoms with Gasteiger partial charge < -0.3 is 64.3 Å². The van der Waals surface area contributed by atoms with Crippen LogP contribution in [0.2, 0.25) is 0 Å². The van der Waals surface area contributed by atoms with Crippen molar-refractivity contribution in [2.45, 2.75) is 94.1 Å². The summed E-state index contributed by atoms with van der Waals surface area (Å²) in [6, 6.07) is 20.0. The summed E-state index contributed by atoms with van der Waals surface area (Å²) in [5.41, 5.74) is 3.51. The van der Waals surface area contributed by atoms with Gasteiger partial charge in [-0.25, -0.2) is 9.78 Å². The van der Waals surface area contributed by atoms with E-state index in [1.165, 1.54) is 0 Å². The minimum absolute atomic E-state index is 0.125. The molecule has 3 aromatic rings. The van der Waals surface area contributed by atoms with Gasteiger partial charge in [0, 0.05) is 30.3 Å². The molecule has 10 unspecified atom stereocenters. The molecule has 290 valence electrons. The first-order chi connectivity index (χ1) is 25.5. The largest absolute Gasteiger partial charge is 0.461 e. The number of carbonyl (C=O) groups is 1. The highest BCUT2D eigenvalue weighted by molar-refractivity contribution is 5.78. The first-order valence-corrected chi connectivity index (χ1v) is 17.6. The van der Waals surface area contributed by atoms with E-state index in [1.807, 2.05) is 60.7 Å². The van der Waals surface area contributed by atoms with E-state index in [-0.39, 0.29) is 12.6 Å². The number of unbranched alkanes of at least 4 members (excludes halogenated alkanes) is 1. The smallest absolute Gasteiger partial charge is 0.332 e. The molecule has 2 aliphatic rings. The summed E-state index contributed by atoms with van der Waals surface area (Å²) in [4.78, 5) is 24.6. The van der Waals surface area contributed by atoms with Crippen molar-refractivity contribution in [1.29, 1.82) is 0 Å². The van der Waals surface area contributed by atoms with Gasteiger partial charge in [0.1, 0.15) is 67.9 Å². The number of esters is 1. The van der Waals surface area contributed by atoms with Gasteiger partial charge in [-0.3, -0.25) is 4.98 Å². The topological polar surface area (TPSA) is 234 Å². The average Bonchev–Trinajstić information content (AvgIpc) is 3.17. The molecule has 2 fully saturated rings. The molecule has 0 radical (unpaired) electrons. The van der Waals surface area contributed by atoms with Crippen LogP contribution in [0, 0.1) is 0 Å². The lowest BCUT2D eigenvalue weighted by atomic mass is 9.97. The van der Waals surface area contributed by atoms with Gasteiger partial charge >= 0.3 is 5.97 Å². The minimum Gasteiger partial charge on any atom is -0.461 e. The van der Waals surface area contributed by atoms with Gasteiger partial charge in [-0.15, -0.1) is 0 Å². The van der Waals surface area contributed by atoms with Crippen molar-refractivity contribution in [2.75, 3.05) is 37.9 Å². The number of anilines is 1. The zero-order chi connectivity index (χ0) is 38.1. The Morgan fingerprint density at radius 1 is 0.811 bits per heavy atom. The van der Waals surface area contributed by atoms with E-state index in [4.69, 9.17) is 33.7 Å². The Morgan fingerprint density at radius 2 is 1.47 bits per heavy atom. The predicted molar refractivity (Wildman–Crippen MR) is 188 cm³/mol. The summed E-state index contributed by atoms with van der Waals surface area (Å²) in [5, 5.41) is 70.8. The molecule has 10 atom stereocenters. The summed E-state index contributed by atoms with van der Waals surface area (Å²) in [5.74, 6) is -0.0362. The van der Waals surface area contributed by atoms with Crippen LogP contribution >= 0.6 is 0 Å². The van der Waals surface area contributed by atoms with Crippen LogP contribution in [-0.4, -0.2) is 152 Å². The number of hydrogen-bond donors (Lipinski definition) is 7. The maximum absolute atomic E-state index is 12.5. The van der Waals surface area contributed by atoms with Gasteiger partial charge in [0.15, 0.2) is 12.6 Å². The number of aliphatic hydroxyl groups excluding tert-OH is 7. The summed E-state index contributed by atoms with van der Waals surface area (Å²) in [6.45, 7) is 3.39. The van der Waals surface area contributed by atoms with Crippen LogP contribution < -0.4 is 4.90 Å². The van der Waals surface area contributed by atoms with Crippen molar-refractivity contribution in [1.82, 2.24) is 9.97 Å². The zero-order valence-electron chi connectivity index (χ0n) is 29.6. The summed E-state index contributed by atoms with van der Waals surface area (Å²) in [7, 11) is 0. The van der Waals surface area contributed by atoms with Crippen LogP contribution in [0.1, 0.15) is 26.7 Å². The number of aliphatic hydroxyl groups is 7. The van der Waals surface area contributed by atoms with E-state index in [1.54, 1.807) is 6.20 Å². The van der Waals surface area contributed by atoms with Crippen molar-refractivity contribution in [3.05, 3.63) is 66.9 Å². The predicted octanol–water partition coefficient (Wildman–Crippen LogP) is -0.0105. The summed E-state index contributed by atoms with van der Waals surface area (Å²) in [6.07, 6.45) is -13.5. The van der Waals surface area contributed by atoms with Crippen LogP contribution in [0.4, 0.5) is 5.82 Å². The Labute approximate surface area is 307 Å². The van der Waals surface area contributed by atoms with E-state index in [2.05, 4.69) is 18.7 Å². The maximum Gasteiger partial charge on any atom is 0.332 e. The fourth-order valence-corrected chi connectivity index (χ4v) is 6.18. The molecule has 7 N–H and O–H groups in total. The second-order valence-electron chi connectivity index (χ2n) is 13.2. The van der Waals surface area contributed by atoms with Crippen molar-refractivity contribution in [3.8, 4) is 22.5 Å². The lowest BCUT2D eigenvalue weighted by Crippen LogP contribution is -2.64. The number of benzene rings is 2. The molecule has 2 saturated heterocycles. The summed E-state index contributed by atoms with van der Waals surface area (Å²) < 4.78 is 27.0. The first kappa shape index (κ1) is 40.5. The molecule has 0 aliphatic carbocycles. The number of hydrogen-bond acceptors (Lipinski definition) is 16. The van der Waals surface area contributed by atoms with Gasteiger partial charge in [-0.05, 0) is 26.7 Å². The Hall–Kier alpha value is -3.65. The normalized spacial score (nSPS) is 28.9. The highest BCUT2D eigenvalue weighted by Crippen LogP contribution is 2.32. The maximum atomic E-state index is 12.5. The van der Waals surface area contributed by atoms with Crippen LogP contribution in [0.5, 0.6) is 0 Å². The van der Waals surface area contributed by atoms with Crippen LogP contribution in [0.3, 0.4) is 0 Å². The molecule has 0 amide bonds. The van der Waals surface area contributed by atoms with Crippen LogP contribution in [0.25, 0.3) is 22.5 Å². The highest BCUT2D eigenvalue weighted by Gasteiger charge is 2.50. The minimum atomic E-state index is -1.86. The average molecular weight is 744 g/mol. The Kier molecular flexibility index (Phi) is 14.6. The zero-order valence-corrected chi connectivity index (χ0v) is 29.6. The van der Waals surface area contributed by atoms with E-state index < -0.39 is 87.2 Å². The lowest BCUT2D eigenvalue weighted by molar-refractivity contribution is -0.355. The van der Waals surface area contributed by atoms with Crippen LogP contribution in [0.15, 0.2) is 66.9 Å². The molecule has 0 spiro atoms. The second kappa shape index (κ2) is 19.1. The second-order valence-corrected chi connectivity index (χ2v) is 13.2. The number of nitrogens with zero attached hydrogens (tertiary/aromatic N) is 3. The molecule has 5 rings (SSSR count). The fraction of sp³-hybridized carbons (Fsp3) is 0.541. The number of carbonyl (C=O) groups excluding carboxylic acids is 1. The molecule has 2 aromatic carbocycles. The molecule has 53 heavy (non-hydrogen) atoms. The molecule has 0 saturated carbocycles. The van der Waals surface area contributed by atoms with Gasteiger partial charge in [-0.2, -0.15) is 0 Å². The molecule has 0 bridgehead atoms. The molecule has 3 heterocycles. The van der Waals surface area contributed by atoms with E-state index in [0.29, 0.717) is 13.0 Å². The molecule has 2 aliphatic heterocycles. The van der Waals surface area contributed by atoms with Gasteiger partial charge in [0.05, 0.1) is 24.2 Å². The SMILES string of the molecule is CC(C)N(CCCCOCC(=O)OCC1OC(O)C(O)C(O)C1OC1OC(CO)C(O)C(O)C1O)c1cnc(-c2ccccc2)c(-c2ccccc2)n1. The summed E-state index contributed by atoms with van der Waals surface area (Å²) >= 11 is 0. The molecule has 1 aromatic heterocycles. The van der Waals surface area contributed by atoms with Gasteiger partial charge in [0.25, 0.3) is 0 Å². The third-order valence-corrected chi connectivity index (χ3v) is 9.14. The van der Waals surface area contributed by atoms with Crippen molar-refractivity contribution in [3.63, 3.8) is 0 Å². The molecular formula is C37H49N3O13. The van der Waals surface area contributed by atoms with E-state index in [0.717, 1.165) is 34.8 Å². The molecule has 16 nitrogen and oxygen atoms in total. The van der Waals surface area contributed by atoms with Gasteiger partial charge in [0.2, 0.25) is 0 Å². The van der Waals surface area contributed by atoms with Crippen LogP contribution in [-0.2, 0) is 28.5 Å². The number of ether oxygens (including phenoxy) is 5. The standard InChI is InChI=1S/C37H49N3O13/c1-21(2)40(26-17-38-28(22-11-5-3-6-12-22)29(39-26)23-13-7-4-8-14-23)15-9-10-16-49-20-27(42)50-19-25-35(32(45)33(46)36(48)51-25)53-37-34(47)31(44)30(43)24(18-41)52-37/h3-8,11-14,17,21,24-25,30-37,41,43-48H,9-10,15-16,18-20H2,1-2H3. The van der Waals surface area contributed by atoms with E-state index >= 15 is 0 Å². The Bertz CT molecular complexity index is 1570. The van der Waals surface area contributed by atoms with Gasteiger partial charge in [-0.1, -0.05) is 60.7 Å². The Balaban J connectivity index is 1.11. The number of rotatable bonds is 16. The lowest BCUT2D eigenvalue weighted by Gasteiger charge is -2.45. The fourth-order valence-electron chi connectivity index (χ4n) is 6.18. The molecule has 16 heteroatoms. The first-order valence-electron chi connectivity index (χ1n) is 17.6. The van der Waals surface area contributed by atoms with Crippen molar-refractivity contribution < 1.29 is 64.2 Å². The Morgan fingerprint density at radius 3 is 2.11 bits per heavy atom. The monoisotopic (exact) mass is 743 g/mol. The third-order valence-electron chi connectivity index (χ3n) is 9.14.